The number of hydrogen-bond donors (Lipinski definition) is 1. The Labute approximate surface area is 185 Å². The summed E-state index contributed by atoms with van der Waals surface area (Å²) in [6, 6.07) is 28.0. The van der Waals surface area contributed by atoms with E-state index in [1.54, 1.807) is 4.57 Å². The summed E-state index contributed by atoms with van der Waals surface area (Å²) in [6.07, 6.45) is 2.63. The third-order valence-corrected chi connectivity index (χ3v) is 5.51. The molecule has 2 heterocycles. The molecule has 5 aromatic rings. The number of hydrogen-bond acceptors (Lipinski definition) is 3. The number of carboxylic acid groups (broad SMARTS) is 1. The minimum Gasteiger partial charge on any atom is -0.487 e. The summed E-state index contributed by atoms with van der Waals surface area (Å²) in [4.78, 5) is 15.9. The van der Waals surface area contributed by atoms with Crippen LogP contribution in [0.5, 0.6) is 5.75 Å². The molecule has 3 aromatic carbocycles. The molecule has 5 nitrogen and oxygen atoms in total. The largest absolute Gasteiger partial charge is 0.487 e. The number of rotatable bonds is 7. The molecule has 5 heteroatoms. The average molecular weight is 422 g/mol. The van der Waals surface area contributed by atoms with Crippen LogP contribution in [-0.2, 0) is 24.4 Å². The van der Waals surface area contributed by atoms with E-state index in [-0.39, 0.29) is 6.54 Å². The van der Waals surface area contributed by atoms with Crippen LogP contribution in [0.1, 0.15) is 16.8 Å². The maximum atomic E-state index is 11.2. The van der Waals surface area contributed by atoms with Gasteiger partial charge in [-0.3, -0.25) is 4.79 Å². The van der Waals surface area contributed by atoms with Gasteiger partial charge in [0, 0.05) is 22.5 Å². The minimum atomic E-state index is -0.852. The zero-order chi connectivity index (χ0) is 21.9. The number of benzene rings is 3. The molecule has 0 atom stereocenters. The van der Waals surface area contributed by atoms with Gasteiger partial charge in [0.1, 0.15) is 18.9 Å². The van der Waals surface area contributed by atoms with Gasteiger partial charge in [0.05, 0.1) is 11.2 Å². The SMILES string of the molecule is O=C(O)Cn1cc(Cc2cccc(OCc3ccc4ccccc4n3)c2)c2ccccc21. The molecule has 0 aliphatic rings. The van der Waals surface area contributed by atoms with E-state index in [9.17, 15) is 9.90 Å². The molecule has 1 N–H and O–H groups in total. The third-order valence-electron chi connectivity index (χ3n) is 5.51. The quantitative estimate of drug-likeness (QED) is 0.379. The molecule has 5 rings (SSSR count). The van der Waals surface area contributed by atoms with Crippen molar-refractivity contribution in [3.05, 3.63) is 108 Å². The molecule has 0 bridgehead atoms. The Bertz CT molecular complexity index is 1420. The zero-order valence-corrected chi connectivity index (χ0v) is 17.4. The number of ether oxygens (including phenoxy) is 1. The first-order valence-electron chi connectivity index (χ1n) is 10.5. The maximum absolute atomic E-state index is 11.2. The van der Waals surface area contributed by atoms with Crippen molar-refractivity contribution in [3.8, 4) is 5.75 Å². The van der Waals surface area contributed by atoms with Gasteiger partial charge in [-0.25, -0.2) is 4.98 Å². The summed E-state index contributed by atoms with van der Waals surface area (Å²) in [7, 11) is 0. The first kappa shape index (κ1) is 19.8. The van der Waals surface area contributed by atoms with Gasteiger partial charge in [0.25, 0.3) is 0 Å². The van der Waals surface area contributed by atoms with E-state index in [0.29, 0.717) is 13.0 Å². The molecule has 0 unspecified atom stereocenters. The van der Waals surface area contributed by atoms with Gasteiger partial charge < -0.3 is 14.4 Å². The van der Waals surface area contributed by atoms with Gasteiger partial charge >= 0.3 is 5.97 Å². The van der Waals surface area contributed by atoms with E-state index < -0.39 is 5.97 Å². The van der Waals surface area contributed by atoms with Crippen molar-refractivity contribution in [1.29, 1.82) is 0 Å². The Morgan fingerprint density at radius 3 is 2.69 bits per heavy atom. The first-order valence-corrected chi connectivity index (χ1v) is 10.5. The Hall–Kier alpha value is -4.12. The molecular weight excluding hydrogens is 400 g/mol. The molecule has 0 amide bonds. The second-order valence-electron chi connectivity index (χ2n) is 7.80. The highest BCUT2D eigenvalue weighted by atomic mass is 16.5. The van der Waals surface area contributed by atoms with Gasteiger partial charge in [-0.1, -0.05) is 54.6 Å². The fourth-order valence-electron chi connectivity index (χ4n) is 4.05. The average Bonchev–Trinajstić information content (AvgIpc) is 3.14. The van der Waals surface area contributed by atoms with Crippen molar-refractivity contribution in [2.75, 3.05) is 0 Å². The zero-order valence-electron chi connectivity index (χ0n) is 17.4. The van der Waals surface area contributed by atoms with Crippen molar-refractivity contribution in [2.45, 2.75) is 19.6 Å². The lowest BCUT2D eigenvalue weighted by atomic mass is 10.0. The highest BCUT2D eigenvalue weighted by molar-refractivity contribution is 5.85. The van der Waals surface area contributed by atoms with E-state index in [2.05, 4.69) is 17.1 Å². The molecule has 2 aromatic heterocycles. The lowest BCUT2D eigenvalue weighted by molar-refractivity contribution is -0.137. The molecule has 0 saturated heterocycles. The van der Waals surface area contributed by atoms with Gasteiger partial charge in [0.15, 0.2) is 0 Å². The number of para-hydroxylation sites is 2. The maximum Gasteiger partial charge on any atom is 0.323 e. The predicted octanol–water partition coefficient (Wildman–Crippen LogP) is 5.44. The van der Waals surface area contributed by atoms with E-state index in [1.807, 2.05) is 79.0 Å². The minimum absolute atomic E-state index is 0.0532. The number of pyridine rings is 1. The standard InChI is InChI=1S/C27H22N2O3/c30-27(31)17-29-16-21(24-9-2-4-11-26(24)29)14-19-6-5-8-23(15-19)32-18-22-13-12-20-7-1-3-10-25(20)28-22/h1-13,15-16H,14,17-18H2,(H,30,31). The van der Waals surface area contributed by atoms with Gasteiger partial charge in [0.2, 0.25) is 0 Å². The molecule has 0 aliphatic heterocycles. The monoisotopic (exact) mass is 422 g/mol. The van der Waals surface area contributed by atoms with Crippen molar-refractivity contribution in [1.82, 2.24) is 9.55 Å². The Morgan fingerprint density at radius 2 is 1.78 bits per heavy atom. The molecule has 32 heavy (non-hydrogen) atoms. The molecular formula is C27H22N2O3. The van der Waals surface area contributed by atoms with Crippen LogP contribution < -0.4 is 4.74 Å². The lowest BCUT2D eigenvalue weighted by Gasteiger charge is -2.08. The van der Waals surface area contributed by atoms with Crippen molar-refractivity contribution >= 4 is 27.8 Å². The Balaban J connectivity index is 1.34. The fraction of sp³-hybridized carbons (Fsp3) is 0.111. The molecule has 0 fully saturated rings. The van der Waals surface area contributed by atoms with Crippen LogP contribution >= 0.6 is 0 Å². The summed E-state index contributed by atoms with van der Waals surface area (Å²) in [5.41, 5.74) is 4.97. The summed E-state index contributed by atoms with van der Waals surface area (Å²) >= 11 is 0. The molecule has 0 radical (unpaired) electrons. The molecule has 158 valence electrons. The highest BCUT2D eigenvalue weighted by Gasteiger charge is 2.11. The van der Waals surface area contributed by atoms with Crippen LogP contribution in [-0.4, -0.2) is 20.6 Å². The summed E-state index contributed by atoms with van der Waals surface area (Å²) in [5, 5.41) is 11.4. The van der Waals surface area contributed by atoms with E-state index in [1.165, 1.54) is 0 Å². The van der Waals surface area contributed by atoms with E-state index >= 15 is 0 Å². The third kappa shape index (κ3) is 4.18. The Kier molecular flexibility index (Phi) is 5.30. The van der Waals surface area contributed by atoms with Crippen LogP contribution in [0.25, 0.3) is 21.8 Å². The second kappa shape index (κ2) is 8.55. The second-order valence-corrected chi connectivity index (χ2v) is 7.80. The lowest BCUT2D eigenvalue weighted by Crippen LogP contribution is -2.07. The topological polar surface area (TPSA) is 64.3 Å². The Morgan fingerprint density at radius 1 is 0.938 bits per heavy atom. The van der Waals surface area contributed by atoms with Crippen LogP contribution in [0.15, 0.2) is 91.1 Å². The first-order chi connectivity index (χ1) is 15.7. The van der Waals surface area contributed by atoms with Crippen LogP contribution in [0.3, 0.4) is 0 Å². The van der Waals surface area contributed by atoms with Gasteiger partial charge in [-0.15, -0.1) is 0 Å². The van der Waals surface area contributed by atoms with Crippen LogP contribution in [0.4, 0.5) is 0 Å². The molecule has 0 aliphatic carbocycles. The fourth-order valence-corrected chi connectivity index (χ4v) is 4.05. The van der Waals surface area contributed by atoms with Crippen LogP contribution in [0, 0.1) is 0 Å². The number of aliphatic carboxylic acids is 1. The number of aromatic nitrogens is 2. The summed E-state index contributed by atoms with van der Waals surface area (Å²) in [5.74, 6) is -0.0678. The van der Waals surface area contributed by atoms with Crippen LogP contribution in [0.2, 0.25) is 0 Å². The molecule has 0 saturated carbocycles. The van der Waals surface area contributed by atoms with Crippen molar-refractivity contribution < 1.29 is 14.6 Å². The van der Waals surface area contributed by atoms with Crippen molar-refractivity contribution in [3.63, 3.8) is 0 Å². The highest BCUT2D eigenvalue weighted by Crippen LogP contribution is 2.25. The number of carboxylic acids is 1. The number of nitrogens with zero attached hydrogens (tertiary/aromatic N) is 2. The summed E-state index contributed by atoms with van der Waals surface area (Å²) < 4.78 is 7.81. The van der Waals surface area contributed by atoms with E-state index in [0.717, 1.165) is 44.4 Å². The van der Waals surface area contributed by atoms with Gasteiger partial charge in [-0.05, 0) is 47.9 Å². The van der Waals surface area contributed by atoms with Gasteiger partial charge in [-0.2, -0.15) is 0 Å². The normalized spacial score (nSPS) is 11.1. The molecule has 0 spiro atoms. The number of fused-ring (bicyclic) bond motifs is 2. The predicted molar refractivity (Wildman–Crippen MR) is 125 cm³/mol. The van der Waals surface area contributed by atoms with Crippen molar-refractivity contribution in [2.24, 2.45) is 0 Å². The van der Waals surface area contributed by atoms with E-state index in [4.69, 9.17) is 4.74 Å². The summed E-state index contributed by atoms with van der Waals surface area (Å²) in [6.45, 7) is 0.342. The smallest absolute Gasteiger partial charge is 0.323 e. The number of carbonyl (C=O) groups is 1.